The van der Waals surface area contributed by atoms with Gasteiger partial charge in [-0.1, -0.05) is 111 Å². The Balaban J connectivity index is 2.05. The maximum Gasteiger partial charge on any atom is 0.308 e. The van der Waals surface area contributed by atoms with Crippen molar-refractivity contribution in [1.82, 2.24) is 0 Å². The van der Waals surface area contributed by atoms with Crippen molar-refractivity contribution in [2.45, 2.75) is 143 Å². The zero-order valence-electron chi connectivity index (χ0n) is 23.1. The lowest BCUT2D eigenvalue weighted by Gasteiger charge is -2.26. The Morgan fingerprint density at radius 2 is 0.941 bits per heavy atom. The molecule has 1 aliphatic rings. The van der Waals surface area contributed by atoms with E-state index in [1.165, 1.54) is 64.2 Å². The topological polar surface area (TPSA) is 52.6 Å². The SMILES string of the molecule is CC(C)CCCCCCCCOC(=O)C1CCCC(C(=O)OCCCCCCCCC(C)C)C1. The summed E-state index contributed by atoms with van der Waals surface area (Å²) in [5, 5.41) is 0. The van der Waals surface area contributed by atoms with Crippen LogP contribution in [-0.4, -0.2) is 25.2 Å². The molecule has 0 aromatic rings. The monoisotopic (exact) mass is 480 g/mol. The Morgan fingerprint density at radius 1 is 0.588 bits per heavy atom. The van der Waals surface area contributed by atoms with E-state index in [9.17, 15) is 9.59 Å². The van der Waals surface area contributed by atoms with E-state index >= 15 is 0 Å². The molecule has 2 unspecified atom stereocenters. The van der Waals surface area contributed by atoms with Gasteiger partial charge in [-0.05, 0) is 43.9 Å². The summed E-state index contributed by atoms with van der Waals surface area (Å²) in [6.07, 6.45) is 20.3. The van der Waals surface area contributed by atoms with Crippen LogP contribution < -0.4 is 0 Å². The van der Waals surface area contributed by atoms with E-state index in [4.69, 9.17) is 9.47 Å². The molecule has 0 heterocycles. The average Bonchev–Trinajstić information content (AvgIpc) is 2.81. The van der Waals surface area contributed by atoms with E-state index in [1.54, 1.807) is 0 Å². The highest BCUT2D eigenvalue weighted by Gasteiger charge is 2.32. The standard InChI is InChI=1S/C30H56O4/c1-25(2)18-13-9-5-7-11-15-22-33-29(31)27-20-17-21-28(24-27)30(32)34-23-16-12-8-6-10-14-19-26(3)4/h25-28H,5-24H2,1-4H3. The minimum absolute atomic E-state index is 0.105. The van der Waals surface area contributed by atoms with E-state index < -0.39 is 0 Å². The van der Waals surface area contributed by atoms with Crippen LogP contribution >= 0.6 is 0 Å². The number of esters is 2. The van der Waals surface area contributed by atoms with Crippen molar-refractivity contribution in [3.63, 3.8) is 0 Å². The highest BCUT2D eigenvalue weighted by molar-refractivity contribution is 5.76. The molecule has 1 rings (SSSR count). The van der Waals surface area contributed by atoms with Gasteiger partial charge >= 0.3 is 11.9 Å². The second-order valence-corrected chi connectivity index (χ2v) is 11.5. The van der Waals surface area contributed by atoms with Crippen molar-refractivity contribution in [1.29, 1.82) is 0 Å². The average molecular weight is 481 g/mol. The molecule has 4 heteroatoms. The highest BCUT2D eigenvalue weighted by Crippen LogP contribution is 2.31. The van der Waals surface area contributed by atoms with Crippen molar-refractivity contribution >= 4 is 11.9 Å². The molecule has 2 atom stereocenters. The molecular formula is C30H56O4. The Labute approximate surface area is 211 Å². The van der Waals surface area contributed by atoms with E-state index in [0.29, 0.717) is 19.6 Å². The number of carbonyl (C=O) groups excluding carboxylic acids is 2. The molecule has 0 saturated heterocycles. The first-order chi connectivity index (χ1) is 16.4. The number of unbranched alkanes of at least 4 members (excludes halogenated alkanes) is 10. The second-order valence-electron chi connectivity index (χ2n) is 11.5. The molecule has 34 heavy (non-hydrogen) atoms. The summed E-state index contributed by atoms with van der Waals surface area (Å²) in [5.41, 5.74) is 0. The predicted octanol–water partition coefficient (Wildman–Crippen LogP) is 8.65. The van der Waals surface area contributed by atoms with Crippen LogP contribution in [0.5, 0.6) is 0 Å². The Bertz CT molecular complexity index is 470. The molecule has 0 aliphatic heterocycles. The summed E-state index contributed by atoms with van der Waals surface area (Å²) in [5.74, 6) is 1.14. The smallest absolute Gasteiger partial charge is 0.308 e. The van der Waals surface area contributed by atoms with Crippen LogP contribution in [0.2, 0.25) is 0 Å². The normalized spacial score (nSPS) is 18.4. The van der Waals surface area contributed by atoms with Crippen LogP contribution in [0.25, 0.3) is 0 Å². The molecule has 1 saturated carbocycles. The van der Waals surface area contributed by atoms with Crippen LogP contribution in [0.3, 0.4) is 0 Å². The zero-order valence-corrected chi connectivity index (χ0v) is 23.1. The molecule has 0 N–H and O–H groups in total. The van der Waals surface area contributed by atoms with Crippen molar-refractivity contribution in [2.24, 2.45) is 23.7 Å². The molecule has 0 amide bonds. The van der Waals surface area contributed by atoms with Crippen LogP contribution in [0.15, 0.2) is 0 Å². The Morgan fingerprint density at radius 3 is 1.32 bits per heavy atom. The first-order valence-electron chi connectivity index (χ1n) is 14.7. The zero-order chi connectivity index (χ0) is 25.0. The van der Waals surface area contributed by atoms with E-state index in [1.807, 2.05) is 0 Å². The lowest BCUT2D eigenvalue weighted by molar-refractivity contribution is -0.155. The summed E-state index contributed by atoms with van der Waals surface area (Å²) >= 11 is 0. The van der Waals surface area contributed by atoms with Crippen molar-refractivity contribution < 1.29 is 19.1 Å². The number of carbonyl (C=O) groups is 2. The molecule has 0 bridgehead atoms. The van der Waals surface area contributed by atoms with Crippen LogP contribution in [-0.2, 0) is 19.1 Å². The van der Waals surface area contributed by atoms with Gasteiger partial charge in [-0.3, -0.25) is 9.59 Å². The summed E-state index contributed by atoms with van der Waals surface area (Å²) in [6, 6.07) is 0. The summed E-state index contributed by atoms with van der Waals surface area (Å²) in [4.78, 5) is 24.9. The number of hydrogen-bond donors (Lipinski definition) is 0. The quantitative estimate of drug-likeness (QED) is 0.129. The molecule has 0 radical (unpaired) electrons. The maximum absolute atomic E-state index is 12.5. The van der Waals surface area contributed by atoms with E-state index in [0.717, 1.165) is 56.8 Å². The molecule has 0 aromatic carbocycles. The van der Waals surface area contributed by atoms with Crippen LogP contribution in [0.1, 0.15) is 143 Å². The van der Waals surface area contributed by atoms with Gasteiger partial charge in [-0.25, -0.2) is 0 Å². The van der Waals surface area contributed by atoms with Gasteiger partial charge in [0, 0.05) is 0 Å². The lowest BCUT2D eigenvalue weighted by atomic mass is 9.81. The first-order valence-corrected chi connectivity index (χ1v) is 14.7. The van der Waals surface area contributed by atoms with Gasteiger partial charge in [0.05, 0.1) is 25.0 Å². The Hall–Kier alpha value is -1.06. The largest absolute Gasteiger partial charge is 0.465 e. The summed E-state index contributed by atoms with van der Waals surface area (Å²) < 4.78 is 11.1. The van der Waals surface area contributed by atoms with Crippen molar-refractivity contribution in [3.8, 4) is 0 Å². The van der Waals surface area contributed by atoms with E-state index in [-0.39, 0.29) is 23.8 Å². The van der Waals surface area contributed by atoms with Gasteiger partial charge in [0.25, 0.3) is 0 Å². The second kappa shape index (κ2) is 20.2. The summed E-state index contributed by atoms with van der Waals surface area (Å²) in [6.45, 7) is 10.2. The third kappa shape index (κ3) is 16.5. The van der Waals surface area contributed by atoms with Gasteiger partial charge in [0.15, 0.2) is 0 Å². The van der Waals surface area contributed by atoms with Crippen LogP contribution in [0.4, 0.5) is 0 Å². The number of ether oxygens (including phenoxy) is 2. The third-order valence-corrected chi connectivity index (χ3v) is 7.18. The molecule has 0 spiro atoms. The van der Waals surface area contributed by atoms with Crippen molar-refractivity contribution in [2.75, 3.05) is 13.2 Å². The van der Waals surface area contributed by atoms with Gasteiger partial charge < -0.3 is 9.47 Å². The Kier molecular flexibility index (Phi) is 18.4. The minimum Gasteiger partial charge on any atom is -0.465 e. The highest BCUT2D eigenvalue weighted by atomic mass is 16.5. The van der Waals surface area contributed by atoms with E-state index in [2.05, 4.69) is 27.7 Å². The fraction of sp³-hybridized carbons (Fsp3) is 0.933. The predicted molar refractivity (Wildman–Crippen MR) is 142 cm³/mol. The number of rotatable bonds is 20. The number of hydrogen-bond acceptors (Lipinski definition) is 4. The van der Waals surface area contributed by atoms with Gasteiger partial charge in [0.2, 0.25) is 0 Å². The molecule has 0 aromatic heterocycles. The molecule has 200 valence electrons. The summed E-state index contributed by atoms with van der Waals surface area (Å²) in [7, 11) is 0. The molecular weight excluding hydrogens is 424 g/mol. The van der Waals surface area contributed by atoms with Gasteiger partial charge in [-0.2, -0.15) is 0 Å². The first kappa shape index (κ1) is 31.0. The lowest BCUT2D eigenvalue weighted by Crippen LogP contribution is -2.30. The van der Waals surface area contributed by atoms with Gasteiger partial charge in [-0.15, -0.1) is 0 Å². The van der Waals surface area contributed by atoms with Crippen LogP contribution in [0, 0.1) is 23.7 Å². The maximum atomic E-state index is 12.5. The fourth-order valence-electron chi connectivity index (χ4n) is 4.92. The fourth-order valence-corrected chi connectivity index (χ4v) is 4.92. The molecule has 1 fully saturated rings. The third-order valence-electron chi connectivity index (χ3n) is 7.18. The van der Waals surface area contributed by atoms with Crippen molar-refractivity contribution in [3.05, 3.63) is 0 Å². The molecule has 1 aliphatic carbocycles. The molecule has 4 nitrogen and oxygen atoms in total. The minimum atomic E-state index is -0.131. The van der Waals surface area contributed by atoms with Gasteiger partial charge in [0.1, 0.15) is 0 Å².